The first-order valence-corrected chi connectivity index (χ1v) is 6.68. The molecule has 2 N–H and O–H groups in total. The molecule has 1 aromatic carbocycles. The highest BCUT2D eigenvalue weighted by atomic mass is 16.5. The van der Waals surface area contributed by atoms with Crippen LogP contribution in [0.2, 0.25) is 0 Å². The molecule has 0 bridgehead atoms. The van der Waals surface area contributed by atoms with Gasteiger partial charge in [0.1, 0.15) is 11.4 Å². The fourth-order valence-electron chi connectivity index (χ4n) is 2.51. The third-order valence-electron chi connectivity index (χ3n) is 3.14. The van der Waals surface area contributed by atoms with Crippen LogP contribution in [-0.4, -0.2) is 18.7 Å². The van der Waals surface area contributed by atoms with Gasteiger partial charge in [0.25, 0.3) is 0 Å². The van der Waals surface area contributed by atoms with E-state index in [-0.39, 0.29) is 5.60 Å². The van der Waals surface area contributed by atoms with Gasteiger partial charge in [0.05, 0.1) is 12.2 Å². The van der Waals surface area contributed by atoms with E-state index in [1.165, 1.54) is 5.69 Å². The summed E-state index contributed by atoms with van der Waals surface area (Å²) in [5, 5.41) is 0. The molecule has 0 unspecified atom stereocenters. The minimum Gasteiger partial charge on any atom is -0.484 e. The summed E-state index contributed by atoms with van der Waals surface area (Å²) in [6.07, 6.45) is 0. The third kappa shape index (κ3) is 2.78. The molecule has 3 heteroatoms. The Hall–Kier alpha value is -1.22. The number of hydrogen-bond donors (Lipinski definition) is 1. The van der Waals surface area contributed by atoms with Gasteiger partial charge in [-0.15, -0.1) is 0 Å². The van der Waals surface area contributed by atoms with Gasteiger partial charge in [-0.2, -0.15) is 0 Å². The number of ether oxygens (including phenoxy) is 1. The molecule has 0 spiro atoms. The van der Waals surface area contributed by atoms with Crippen LogP contribution in [0.4, 0.5) is 5.69 Å². The molecule has 1 heterocycles. The molecule has 1 aliphatic heterocycles. The Kier molecular flexibility index (Phi) is 3.53. The van der Waals surface area contributed by atoms with E-state index in [1.54, 1.807) is 0 Å². The van der Waals surface area contributed by atoms with E-state index < -0.39 is 0 Å². The van der Waals surface area contributed by atoms with Crippen LogP contribution in [0.15, 0.2) is 18.2 Å². The van der Waals surface area contributed by atoms with Crippen molar-refractivity contribution >= 4 is 5.69 Å². The van der Waals surface area contributed by atoms with Crippen LogP contribution >= 0.6 is 0 Å². The van der Waals surface area contributed by atoms with Crippen LogP contribution in [0.25, 0.3) is 0 Å². The van der Waals surface area contributed by atoms with E-state index in [2.05, 4.69) is 50.8 Å². The van der Waals surface area contributed by atoms with Crippen LogP contribution in [0.3, 0.4) is 0 Å². The summed E-state index contributed by atoms with van der Waals surface area (Å²) in [5.74, 6) is 1.61. The van der Waals surface area contributed by atoms with Gasteiger partial charge < -0.3 is 15.4 Å². The zero-order valence-corrected chi connectivity index (χ0v) is 11.9. The van der Waals surface area contributed by atoms with Crippen molar-refractivity contribution < 1.29 is 4.74 Å². The lowest BCUT2D eigenvalue weighted by Crippen LogP contribution is -2.48. The van der Waals surface area contributed by atoms with E-state index in [0.29, 0.717) is 12.5 Å². The zero-order valence-electron chi connectivity index (χ0n) is 11.9. The van der Waals surface area contributed by atoms with E-state index in [0.717, 1.165) is 24.4 Å². The Labute approximate surface area is 110 Å². The lowest BCUT2D eigenvalue weighted by molar-refractivity contribution is 0.104. The highest BCUT2D eigenvalue weighted by molar-refractivity contribution is 5.62. The third-order valence-corrected chi connectivity index (χ3v) is 3.14. The molecule has 0 saturated heterocycles. The monoisotopic (exact) mass is 248 g/mol. The quantitative estimate of drug-likeness (QED) is 0.894. The van der Waals surface area contributed by atoms with E-state index in [9.17, 15) is 0 Å². The van der Waals surface area contributed by atoms with Gasteiger partial charge in [0.15, 0.2) is 0 Å². The highest BCUT2D eigenvalue weighted by Crippen LogP contribution is 2.37. The topological polar surface area (TPSA) is 38.5 Å². The van der Waals surface area contributed by atoms with Crippen molar-refractivity contribution in [2.75, 3.05) is 18.0 Å². The summed E-state index contributed by atoms with van der Waals surface area (Å²) >= 11 is 0. The lowest BCUT2D eigenvalue weighted by atomic mass is 10.0. The lowest BCUT2D eigenvalue weighted by Gasteiger charge is -2.41. The van der Waals surface area contributed by atoms with Gasteiger partial charge in [-0.1, -0.05) is 19.9 Å². The second kappa shape index (κ2) is 4.81. The van der Waals surface area contributed by atoms with Crippen molar-refractivity contribution in [3.8, 4) is 5.75 Å². The molecule has 2 rings (SSSR count). The van der Waals surface area contributed by atoms with Gasteiger partial charge in [0.2, 0.25) is 0 Å². The summed E-state index contributed by atoms with van der Waals surface area (Å²) in [6.45, 7) is 11.3. The molecule has 1 aromatic rings. The van der Waals surface area contributed by atoms with Crippen LogP contribution in [0.1, 0.15) is 33.3 Å². The summed E-state index contributed by atoms with van der Waals surface area (Å²) in [4.78, 5) is 2.42. The first-order valence-electron chi connectivity index (χ1n) is 6.68. The molecule has 1 aliphatic rings. The Morgan fingerprint density at radius 3 is 2.72 bits per heavy atom. The summed E-state index contributed by atoms with van der Waals surface area (Å²) in [7, 11) is 0. The first-order chi connectivity index (χ1) is 8.41. The summed E-state index contributed by atoms with van der Waals surface area (Å²) in [6, 6.07) is 6.30. The molecule has 0 fully saturated rings. The van der Waals surface area contributed by atoms with Gasteiger partial charge in [-0.25, -0.2) is 0 Å². The predicted molar refractivity (Wildman–Crippen MR) is 76.1 cm³/mol. The largest absolute Gasteiger partial charge is 0.484 e. The van der Waals surface area contributed by atoms with E-state index in [1.807, 2.05) is 0 Å². The Bertz CT molecular complexity index is 427. The van der Waals surface area contributed by atoms with Crippen molar-refractivity contribution in [2.24, 2.45) is 11.7 Å². The SMILES string of the molecule is CC(C)CN1CC(C)(C)Oc2cc(CN)ccc21. The number of nitrogens with zero attached hydrogens (tertiary/aromatic N) is 1. The molecule has 0 aromatic heterocycles. The predicted octanol–water partition coefficient (Wildman–Crippen LogP) is 2.78. The van der Waals surface area contributed by atoms with Gasteiger partial charge in [0, 0.05) is 13.1 Å². The van der Waals surface area contributed by atoms with E-state index >= 15 is 0 Å². The number of nitrogens with two attached hydrogens (primary N) is 1. The number of anilines is 1. The minimum atomic E-state index is -0.144. The number of benzene rings is 1. The summed E-state index contributed by atoms with van der Waals surface area (Å²) in [5.41, 5.74) is 7.87. The van der Waals surface area contributed by atoms with Crippen LogP contribution < -0.4 is 15.4 Å². The summed E-state index contributed by atoms with van der Waals surface area (Å²) < 4.78 is 6.08. The molecule has 3 nitrogen and oxygen atoms in total. The number of fused-ring (bicyclic) bond motifs is 1. The maximum Gasteiger partial charge on any atom is 0.143 e. The Morgan fingerprint density at radius 2 is 2.11 bits per heavy atom. The molecule has 18 heavy (non-hydrogen) atoms. The first kappa shape index (κ1) is 13.2. The van der Waals surface area contributed by atoms with Gasteiger partial charge >= 0.3 is 0 Å². The van der Waals surface area contributed by atoms with Crippen LogP contribution in [0.5, 0.6) is 5.75 Å². The second-order valence-corrected chi connectivity index (χ2v) is 6.14. The van der Waals surface area contributed by atoms with Crippen molar-refractivity contribution in [3.05, 3.63) is 23.8 Å². The van der Waals surface area contributed by atoms with E-state index in [4.69, 9.17) is 10.5 Å². The fourth-order valence-corrected chi connectivity index (χ4v) is 2.51. The Balaban J connectivity index is 2.36. The molecule has 0 radical (unpaired) electrons. The van der Waals surface area contributed by atoms with Crippen LogP contribution in [0, 0.1) is 5.92 Å². The fraction of sp³-hybridized carbons (Fsp3) is 0.600. The van der Waals surface area contributed by atoms with Crippen molar-refractivity contribution in [1.29, 1.82) is 0 Å². The molecule has 0 saturated carbocycles. The molecular formula is C15H24N2O. The standard InChI is InChI=1S/C15H24N2O/c1-11(2)9-17-10-15(3,4)18-14-7-12(8-16)5-6-13(14)17/h5-7,11H,8-10,16H2,1-4H3. The number of rotatable bonds is 3. The zero-order chi connectivity index (χ0) is 13.3. The molecule has 0 atom stereocenters. The molecule has 100 valence electrons. The van der Waals surface area contributed by atoms with Crippen molar-refractivity contribution in [1.82, 2.24) is 0 Å². The molecule has 0 aliphatic carbocycles. The van der Waals surface area contributed by atoms with Gasteiger partial charge in [-0.05, 0) is 37.5 Å². The minimum absolute atomic E-state index is 0.144. The maximum atomic E-state index is 6.08. The number of hydrogen-bond acceptors (Lipinski definition) is 3. The van der Waals surface area contributed by atoms with Gasteiger partial charge in [-0.3, -0.25) is 0 Å². The van der Waals surface area contributed by atoms with Crippen LogP contribution in [-0.2, 0) is 6.54 Å². The van der Waals surface area contributed by atoms with Crippen molar-refractivity contribution in [3.63, 3.8) is 0 Å². The Morgan fingerprint density at radius 1 is 1.39 bits per heavy atom. The average Bonchev–Trinajstić information content (AvgIpc) is 2.25. The molecule has 0 amide bonds. The highest BCUT2D eigenvalue weighted by Gasteiger charge is 2.31. The smallest absolute Gasteiger partial charge is 0.143 e. The maximum absolute atomic E-state index is 6.08. The normalized spacial score (nSPS) is 17.6. The second-order valence-electron chi connectivity index (χ2n) is 6.14. The molecular weight excluding hydrogens is 224 g/mol. The van der Waals surface area contributed by atoms with Crippen molar-refractivity contribution in [2.45, 2.75) is 39.8 Å². The average molecular weight is 248 g/mol.